The van der Waals surface area contributed by atoms with E-state index in [4.69, 9.17) is 5.73 Å². The van der Waals surface area contributed by atoms with Crippen LogP contribution in [-0.2, 0) is 5.41 Å². The molecule has 1 amide bonds. The minimum atomic E-state index is -0.681. The smallest absolute Gasteiger partial charge is 0.251 e. The summed E-state index contributed by atoms with van der Waals surface area (Å²) in [4.78, 5) is 17.4. The number of rotatable bonds is 4. The molecule has 0 spiro atoms. The molecule has 7 nitrogen and oxygen atoms in total. The predicted octanol–water partition coefficient (Wildman–Crippen LogP) is 1.93. The van der Waals surface area contributed by atoms with Crippen molar-refractivity contribution in [3.63, 3.8) is 0 Å². The third kappa shape index (κ3) is 2.70. The molecule has 0 bridgehead atoms. The fourth-order valence-electron chi connectivity index (χ4n) is 4.51. The van der Waals surface area contributed by atoms with Crippen LogP contribution in [0.3, 0.4) is 0 Å². The lowest BCUT2D eigenvalue weighted by atomic mass is 9.75. The number of aromatic nitrogens is 3. The lowest BCUT2D eigenvalue weighted by molar-refractivity contribution is 0.0683. The Bertz CT molecular complexity index is 1090. The maximum Gasteiger partial charge on any atom is 0.251 e. The molecule has 1 aliphatic carbocycles. The Kier molecular flexibility index (Phi) is 3.64. The van der Waals surface area contributed by atoms with Gasteiger partial charge in [0.1, 0.15) is 17.0 Å². The minimum Gasteiger partial charge on any atom is -0.389 e. The van der Waals surface area contributed by atoms with Gasteiger partial charge in [-0.25, -0.2) is 8.91 Å². The number of halogens is 1. The van der Waals surface area contributed by atoms with Crippen molar-refractivity contribution in [2.24, 2.45) is 5.73 Å². The topological polar surface area (TPSA) is 99.7 Å². The summed E-state index contributed by atoms with van der Waals surface area (Å²) in [5.41, 5.74) is 7.88. The Morgan fingerprint density at radius 1 is 1.32 bits per heavy atom. The average Bonchev–Trinajstić information content (AvgIpc) is 3.06. The van der Waals surface area contributed by atoms with Crippen LogP contribution in [0.25, 0.3) is 16.7 Å². The highest BCUT2D eigenvalue weighted by Crippen LogP contribution is 2.41. The molecule has 0 unspecified atom stereocenters. The number of amides is 1. The van der Waals surface area contributed by atoms with Crippen molar-refractivity contribution < 1.29 is 14.3 Å². The first-order valence-corrected chi connectivity index (χ1v) is 9.72. The second-order valence-electron chi connectivity index (χ2n) is 8.72. The third-order valence-corrected chi connectivity index (χ3v) is 6.53. The molecule has 148 valence electrons. The number of aliphatic hydroxyl groups is 1. The number of aromatic amines is 1. The van der Waals surface area contributed by atoms with E-state index in [1.165, 1.54) is 6.07 Å². The number of benzene rings is 1. The van der Waals surface area contributed by atoms with E-state index >= 15 is 0 Å². The van der Waals surface area contributed by atoms with Crippen molar-refractivity contribution in [3.8, 4) is 0 Å². The summed E-state index contributed by atoms with van der Waals surface area (Å²) >= 11 is 0. The molecule has 3 aromatic rings. The molecule has 1 aromatic carbocycles. The molecule has 2 fully saturated rings. The molecule has 3 heterocycles. The molecule has 1 aliphatic heterocycles. The van der Waals surface area contributed by atoms with E-state index in [9.17, 15) is 14.3 Å². The zero-order chi connectivity index (χ0) is 19.7. The summed E-state index contributed by atoms with van der Waals surface area (Å²) < 4.78 is 15.6. The van der Waals surface area contributed by atoms with Crippen LogP contribution in [0.1, 0.15) is 48.5 Å². The number of likely N-dealkylation sites (tertiary alicyclic amines) is 1. The highest BCUT2D eigenvalue weighted by atomic mass is 19.1. The molecule has 28 heavy (non-hydrogen) atoms. The number of carbonyl (C=O) groups is 1. The number of hydrogen-bond donors (Lipinski definition) is 3. The Morgan fingerprint density at radius 2 is 2.04 bits per heavy atom. The largest absolute Gasteiger partial charge is 0.389 e. The monoisotopic (exact) mass is 385 g/mol. The van der Waals surface area contributed by atoms with Crippen LogP contribution in [-0.4, -0.2) is 55.7 Å². The van der Waals surface area contributed by atoms with Crippen LogP contribution in [0, 0.1) is 5.82 Å². The Morgan fingerprint density at radius 3 is 2.68 bits per heavy atom. The van der Waals surface area contributed by atoms with E-state index in [1.807, 2.05) is 6.20 Å². The number of nitrogens with zero attached hydrogens (tertiary/aromatic N) is 3. The van der Waals surface area contributed by atoms with Gasteiger partial charge in [-0.05, 0) is 50.9 Å². The number of carbonyl (C=O) groups excluding carboxylic acids is 1. The van der Waals surface area contributed by atoms with Gasteiger partial charge in [0.05, 0.1) is 22.9 Å². The van der Waals surface area contributed by atoms with Gasteiger partial charge in [-0.2, -0.15) is 5.10 Å². The third-order valence-electron chi connectivity index (χ3n) is 6.53. The minimum absolute atomic E-state index is 0.0866. The second kappa shape index (κ2) is 5.78. The van der Waals surface area contributed by atoms with E-state index in [2.05, 4.69) is 21.9 Å². The number of H-pyrrole nitrogens is 1. The highest BCUT2D eigenvalue weighted by molar-refractivity contribution is 6.05. The molecule has 2 aliphatic rings. The summed E-state index contributed by atoms with van der Waals surface area (Å²) in [5.74, 6) is -1.19. The first-order valence-electron chi connectivity index (χ1n) is 9.72. The Labute approximate surface area is 161 Å². The fourth-order valence-corrected chi connectivity index (χ4v) is 4.51. The number of nitrogens with one attached hydrogen (secondary N) is 1. The zero-order valence-electron chi connectivity index (χ0n) is 15.8. The molecule has 1 saturated carbocycles. The molecule has 2 aromatic heterocycles. The first-order chi connectivity index (χ1) is 13.3. The normalized spacial score (nSPS) is 21.4. The van der Waals surface area contributed by atoms with Gasteiger partial charge in [-0.15, -0.1) is 0 Å². The first kappa shape index (κ1) is 17.6. The van der Waals surface area contributed by atoms with Crippen LogP contribution < -0.4 is 5.73 Å². The van der Waals surface area contributed by atoms with Gasteiger partial charge in [0.25, 0.3) is 5.91 Å². The van der Waals surface area contributed by atoms with E-state index in [0.29, 0.717) is 11.0 Å². The molecule has 0 atom stereocenters. The van der Waals surface area contributed by atoms with E-state index in [-0.39, 0.29) is 11.0 Å². The quantitative estimate of drug-likeness (QED) is 0.639. The summed E-state index contributed by atoms with van der Waals surface area (Å²) in [6.07, 6.45) is 5.52. The van der Waals surface area contributed by atoms with Crippen LogP contribution in [0.15, 0.2) is 18.3 Å². The lowest BCUT2D eigenvalue weighted by Gasteiger charge is -2.39. The van der Waals surface area contributed by atoms with Gasteiger partial charge in [-0.3, -0.25) is 4.79 Å². The Balaban J connectivity index is 1.51. The van der Waals surface area contributed by atoms with Crippen molar-refractivity contribution in [1.82, 2.24) is 19.5 Å². The maximum absolute atomic E-state index is 13.9. The van der Waals surface area contributed by atoms with E-state index in [1.54, 1.807) is 4.52 Å². The molecule has 0 radical (unpaired) electrons. The van der Waals surface area contributed by atoms with Gasteiger partial charge < -0.3 is 20.7 Å². The standard InChI is InChI=1S/C20H24FN5O2/c1-19(4-6-25(7-5-19)11-20(28)2-3-20)14-10-23-26-16-13(17(22)27)8-12(21)9-15(16)24-18(14)26/h8-10,24,28H,2-7,11H2,1H3,(H2,22,27). The van der Waals surface area contributed by atoms with Crippen LogP contribution in [0.4, 0.5) is 4.39 Å². The van der Waals surface area contributed by atoms with Crippen molar-refractivity contribution >= 4 is 22.6 Å². The molecular formula is C20H24FN5O2. The van der Waals surface area contributed by atoms with Crippen LogP contribution in [0.5, 0.6) is 0 Å². The summed E-state index contributed by atoms with van der Waals surface area (Å²) in [6.45, 7) is 4.80. The molecule has 5 rings (SSSR count). The summed E-state index contributed by atoms with van der Waals surface area (Å²) in [6, 6.07) is 2.52. The van der Waals surface area contributed by atoms with Crippen molar-refractivity contribution in [3.05, 3.63) is 35.3 Å². The van der Waals surface area contributed by atoms with Crippen molar-refractivity contribution in [2.75, 3.05) is 19.6 Å². The predicted molar refractivity (Wildman–Crippen MR) is 103 cm³/mol. The van der Waals surface area contributed by atoms with E-state index in [0.717, 1.165) is 62.6 Å². The highest BCUT2D eigenvalue weighted by Gasteiger charge is 2.43. The molecular weight excluding hydrogens is 361 g/mol. The van der Waals surface area contributed by atoms with Crippen molar-refractivity contribution in [2.45, 2.75) is 43.6 Å². The van der Waals surface area contributed by atoms with Gasteiger partial charge >= 0.3 is 0 Å². The number of β-amino-alcohol motifs (C(OH)–C–C–N with tert-alkyl or cyclic N) is 1. The maximum atomic E-state index is 13.9. The van der Waals surface area contributed by atoms with E-state index < -0.39 is 17.3 Å². The number of fused-ring (bicyclic) bond motifs is 3. The number of hydrogen-bond acceptors (Lipinski definition) is 4. The van der Waals surface area contributed by atoms with Gasteiger partial charge in [0, 0.05) is 17.5 Å². The number of imidazole rings is 1. The Hall–Kier alpha value is -2.45. The second-order valence-corrected chi connectivity index (χ2v) is 8.72. The number of nitrogens with two attached hydrogens (primary N) is 1. The van der Waals surface area contributed by atoms with Crippen LogP contribution >= 0.6 is 0 Å². The molecule has 1 saturated heterocycles. The summed E-state index contributed by atoms with van der Waals surface area (Å²) in [7, 11) is 0. The lowest BCUT2D eigenvalue weighted by Crippen LogP contribution is -2.44. The molecule has 8 heteroatoms. The fraction of sp³-hybridized carbons (Fsp3) is 0.500. The summed E-state index contributed by atoms with van der Waals surface area (Å²) in [5, 5.41) is 14.7. The average molecular weight is 385 g/mol. The molecule has 4 N–H and O–H groups in total. The van der Waals surface area contributed by atoms with Crippen LogP contribution in [0.2, 0.25) is 0 Å². The van der Waals surface area contributed by atoms with Crippen molar-refractivity contribution in [1.29, 1.82) is 0 Å². The zero-order valence-corrected chi connectivity index (χ0v) is 15.8. The van der Waals surface area contributed by atoms with Gasteiger partial charge in [-0.1, -0.05) is 6.92 Å². The SMILES string of the molecule is CC1(c2cnn3c2[nH]c2cc(F)cc(C(N)=O)c23)CCN(CC2(O)CC2)CC1. The number of primary amides is 1. The van der Waals surface area contributed by atoms with Gasteiger partial charge in [0.2, 0.25) is 0 Å². The number of piperidine rings is 1. The van der Waals surface area contributed by atoms with Gasteiger partial charge in [0.15, 0.2) is 0 Å².